The van der Waals surface area contributed by atoms with Crippen LogP contribution < -0.4 is 15.2 Å². The van der Waals surface area contributed by atoms with E-state index in [-0.39, 0.29) is 36.4 Å². The van der Waals surface area contributed by atoms with E-state index in [2.05, 4.69) is 0 Å². The average molecular weight is 424 g/mol. The Morgan fingerprint density at radius 3 is 2.31 bits per heavy atom. The quantitative estimate of drug-likeness (QED) is 0.803. The Hall–Kier alpha value is -1.99. The lowest BCUT2D eigenvalue weighted by atomic mass is 9.71. The molecule has 0 aromatic heterocycles. The van der Waals surface area contributed by atoms with Crippen LogP contribution in [0.15, 0.2) is 18.2 Å². The molecule has 0 bridgehead atoms. The summed E-state index contributed by atoms with van der Waals surface area (Å²) in [7, 11) is 0. The maximum atomic E-state index is 12.8. The highest BCUT2D eigenvalue weighted by Crippen LogP contribution is 2.39. The van der Waals surface area contributed by atoms with Gasteiger partial charge in [0.15, 0.2) is 11.5 Å². The van der Waals surface area contributed by atoms with Crippen molar-refractivity contribution in [1.82, 2.24) is 9.80 Å². The number of carbonyl (C=O) groups excluding carboxylic acids is 2. The van der Waals surface area contributed by atoms with Gasteiger partial charge in [-0.05, 0) is 43.0 Å². The second-order valence-electron chi connectivity index (χ2n) is 8.18. The van der Waals surface area contributed by atoms with Crippen molar-refractivity contribution in [3.63, 3.8) is 0 Å². The molecule has 0 atom stereocenters. The molecule has 29 heavy (non-hydrogen) atoms. The Morgan fingerprint density at radius 1 is 0.966 bits per heavy atom. The zero-order chi connectivity index (χ0) is 19.6. The topological polar surface area (TPSA) is 85.1 Å². The van der Waals surface area contributed by atoms with E-state index in [9.17, 15) is 9.59 Å². The van der Waals surface area contributed by atoms with Gasteiger partial charge in [-0.3, -0.25) is 9.59 Å². The molecule has 8 heteroatoms. The first-order chi connectivity index (χ1) is 13.6. The molecule has 2 N–H and O–H groups in total. The van der Waals surface area contributed by atoms with Crippen LogP contribution in [0.4, 0.5) is 0 Å². The smallest absolute Gasteiger partial charge is 0.254 e. The van der Waals surface area contributed by atoms with Crippen molar-refractivity contribution in [2.75, 3.05) is 39.5 Å². The minimum atomic E-state index is -0.0314. The Kier molecular flexibility index (Phi) is 6.90. The molecular formula is C21H30ClN3O4. The number of rotatable bonds is 4. The molecule has 0 radical (unpaired) electrons. The average Bonchev–Trinajstić information content (AvgIpc) is 3.22. The number of ether oxygens (including phenoxy) is 2. The third-order valence-corrected chi connectivity index (χ3v) is 6.41. The van der Waals surface area contributed by atoms with E-state index in [4.69, 9.17) is 15.2 Å². The van der Waals surface area contributed by atoms with Gasteiger partial charge in [-0.1, -0.05) is 19.3 Å². The summed E-state index contributed by atoms with van der Waals surface area (Å²) in [6, 6.07) is 5.27. The van der Waals surface area contributed by atoms with Gasteiger partial charge >= 0.3 is 0 Å². The van der Waals surface area contributed by atoms with Crippen LogP contribution in [-0.4, -0.2) is 61.1 Å². The van der Waals surface area contributed by atoms with Crippen LogP contribution in [0, 0.1) is 5.41 Å². The van der Waals surface area contributed by atoms with E-state index >= 15 is 0 Å². The largest absolute Gasteiger partial charge is 0.454 e. The van der Waals surface area contributed by atoms with E-state index in [0.29, 0.717) is 56.2 Å². The number of nitrogens with zero attached hydrogens (tertiary/aromatic N) is 2. The third-order valence-electron chi connectivity index (χ3n) is 6.41. The molecule has 1 saturated carbocycles. The van der Waals surface area contributed by atoms with Gasteiger partial charge in [0.05, 0.1) is 0 Å². The van der Waals surface area contributed by atoms with E-state index in [0.717, 1.165) is 12.8 Å². The van der Waals surface area contributed by atoms with Crippen molar-refractivity contribution in [2.45, 2.75) is 38.5 Å². The molecule has 1 aromatic carbocycles. The summed E-state index contributed by atoms with van der Waals surface area (Å²) in [4.78, 5) is 29.3. The van der Waals surface area contributed by atoms with Gasteiger partial charge in [-0.2, -0.15) is 0 Å². The predicted octanol–water partition coefficient (Wildman–Crippen LogP) is 2.42. The number of hydrogen-bond acceptors (Lipinski definition) is 5. The van der Waals surface area contributed by atoms with Gasteiger partial charge in [-0.25, -0.2) is 0 Å². The summed E-state index contributed by atoms with van der Waals surface area (Å²) < 4.78 is 10.7. The first-order valence-electron chi connectivity index (χ1n) is 10.3. The number of benzene rings is 1. The number of piperazine rings is 1. The van der Waals surface area contributed by atoms with Crippen molar-refractivity contribution in [2.24, 2.45) is 11.1 Å². The highest BCUT2D eigenvalue weighted by Gasteiger charge is 2.35. The maximum absolute atomic E-state index is 12.8. The first kappa shape index (κ1) is 21.7. The van der Waals surface area contributed by atoms with Crippen LogP contribution in [0.2, 0.25) is 0 Å². The standard InChI is InChI=1S/C21H29N3O4.ClH/c22-14-21(6-2-1-3-7-21)13-19(25)23-8-10-24(11-9-23)20(26)16-4-5-17-18(12-16)28-15-27-17;/h4-5,12H,1-3,6-11,13-15,22H2;1H. The Morgan fingerprint density at radius 2 is 1.62 bits per heavy atom. The SMILES string of the molecule is Cl.NCC1(CC(=O)N2CCN(C(=O)c3ccc4c(c3)OCO4)CC2)CCCCC1. The molecule has 2 aliphatic heterocycles. The summed E-state index contributed by atoms with van der Waals surface area (Å²) in [5, 5.41) is 0. The van der Waals surface area contributed by atoms with Crippen molar-refractivity contribution in [3.05, 3.63) is 23.8 Å². The molecule has 2 fully saturated rings. The number of amides is 2. The second-order valence-corrected chi connectivity index (χ2v) is 8.18. The fourth-order valence-electron chi connectivity index (χ4n) is 4.56. The minimum absolute atomic E-state index is 0. The fraction of sp³-hybridized carbons (Fsp3) is 0.619. The summed E-state index contributed by atoms with van der Waals surface area (Å²) >= 11 is 0. The van der Waals surface area contributed by atoms with Gasteiger partial charge in [0.2, 0.25) is 12.7 Å². The predicted molar refractivity (Wildman–Crippen MR) is 111 cm³/mol. The van der Waals surface area contributed by atoms with Crippen molar-refractivity contribution in [1.29, 1.82) is 0 Å². The molecule has 0 spiro atoms. The van der Waals surface area contributed by atoms with E-state index in [1.54, 1.807) is 23.1 Å². The van der Waals surface area contributed by atoms with Crippen molar-refractivity contribution >= 4 is 24.2 Å². The fourth-order valence-corrected chi connectivity index (χ4v) is 4.56. The number of fused-ring (bicyclic) bond motifs is 1. The van der Waals surface area contributed by atoms with Crippen LogP contribution >= 0.6 is 12.4 Å². The lowest BCUT2D eigenvalue weighted by molar-refractivity contribution is -0.135. The molecule has 1 saturated heterocycles. The minimum Gasteiger partial charge on any atom is -0.454 e. The molecule has 7 nitrogen and oxygen atoms in total. The molecule has 1 aromatic rings. The van der Waals surface area contributed by atoms with Gasteiger partial charge in [0, 0.05) is 38.2 Å². The van der Waals surface area contributed by atoms with Crippen molar-refractivity contribution in [3.8, 4) is 11.5 Å². The Bertz CT molecular complexity index is 743. The highest BCUT2D eigenvalue weighted by atomic mass is 35.5. The Balaban J connectivity index is 0.00000240. The molecule has 2 amide bonds. The molecule has 2 heterocycles. The summed E-state index contributed by atoms with van der Waals surface area (Å²) in [6.45, 7) is 3.04. The van der Waals surface area contributed by atoms with Crippen LogP contribution in [0.1, 0.15) is 48.9 Å². The Labute approximate surface area is 177 Å². The normalized spacial score (nSPS) is 20.2. The van der Waals surface area contributed by atoms with Gasteiger partial charge in [0.25, 0.3) is 5.91 Å². The molecule has 160 valence electrons. The van der Waals surface area contributed by atoms with Gasteiger partial charge in [0.1, 0.15) is 0 Å². The summed E-state index contributed by atoms with van der Waals surface area (Å²) in [5.74, 6) is 1.43. The van der Waals surface area contributed by atoms with Gasteiger partial charge in [-0.15, -0.1) is 12.4 Å². The maximum Gasteiger partial charge on any atom is 0.254 e. The van der Waals surface area contributed by atoms with E-state index < -0.39 is 0 Å². The molecular weight excluding hydrogens is 394 g/mol. The third kappa shape index (κ3) is 4.61. The molecule has 3 aliphatic rings. The van der Waals surface area contributed by atoms with E-state index in [1.165, 1.54) is 19.3 Å². The van der Waals surface area contributed by atoms with Crippen LogP contribution in [0.3, 0.4) is 0 Å². The lowest BCUT2D eigenvalue weighted by Crippen LogP contribution is -2.51. The zero-order valence-electron chi connectivity index (χ0n) is 16.7. The van der Waals surface area contributed by atoms with Crippen LogP contribution in [0.25, 0.3) is 0 Å². The van der Waals surface area contributed by atoms with E-state index in [1.807, 2.05) is 4.90 Å². The van der Waals surface area contributed by atoms with Crippen LogP contribution in [-0.2, 0) is 4.79 Å². The number of halogens is 1. The number of carbonyl (C=O) groups is 2. The number of nitrogens with two attached hydrogens (primary N) is 1. The van der Waals surface area contributed by atoms with Crippen molar-refractivity contribution < 1.29 is 19.1 Å². The summed E-state index contributed by atoms with van der Waals surface area (Å²) in [5.41, 5.74) is 6.61. The van der Waals surface area contributed by atoms with Gasteiger partial charge < -0.3 is 25.0 Å². The van der Waals surface area contributed by atoms with Crippen LogP contribution in [0.5, 0.6) is 11.5 Å². The zero-order valence-corrected chi connectivity index (χ0v) is 17.5. The lowest BCUT2D eigenvalue weighted by Gasteiger charge is -2.39. The second kappa shape index (κ2) is 9.22. The summed E-state index contributed by atoms with van der Waals surface area (Å²) in [6.07, 6.45) is 6.23. The molecule has 4 rings (SSSR count). The molecule has 0 unspecified atom stereocenters. The number of hydrogen-bond donors (Lipinski definition) is 1. The monoisotopic (exact) mass is 423 g/mol. The molecule has 1 aliphatic carbocycles. The first-order valence-corrected chi connectivity index (χ1v) is 10.3. The highest BCUT2D eigenvalue weighted by molar-refractivity contribution is 5.95.